The van der Waals surface area contributed by atoms with E-state index >= 15 is 0 Å². The van der Waals surface area contributed by atoms with E-state index in [1.165, 1.54) is 0 Å². The number of nitrogens with zero attached hydrogens (tertiary/aromatic N) is 2. The topological polar surface area (TPSA) is 62.7 Å². The number of hydrogen-bond acceptors (Lipinski definition) is 4. The molecule has 0 aliphatic carbocycles. The van der Waals surface area contributed by atoms with Gasteiger partial charge in [0.2, 0.25) is 0 Å². The lowest BCUT2D eigenvalue weighted by atomic mass is 9.98. The zero-order valence-electron chi connectivity index (χ0n) is 12.5. The van der Waals surface area contributed by atoms with Gasteiger partial charge in [-0.3, -0.25) is 0 Å². The number of carbonyl (C=O) groups excluding carboxylic acids is 1. The second-order valence-corrected chi connectivity index (χ2v) is 6.79. The second-order valence-electron chi connectivity index (χ2n) is 6.41. The number of halogens is 1. The third kappa shape index (κ3) is 4.58. The monoisotopic (exact) mass is 312 g/mol. The van der Waals surface area contributed by atoms with E-state index in [2.05, 4.69) is 4.98 Å². The molecule has 1 fully saturated rings. The Hall–Kier alpha value is -1.33. The van der Waals surface area contributed by atoms with Crippen molar-refractivity contribution in [3.05, 3.63) is 29.0 Å². The molecule has 1 aromatic heterocycles. The molecule has 21 heavy (non-hydrogen) atoms. The van der Waals surface area contributed by atoms with Gasteiger partial charge in [0.1, 0.15) is 10.8 Å². The number of aliphatic hydroxyl groups excluding tert-OH is 1. The molecular weight excluding hydrogens is 292 g/mol. The molecule has 1 amide bonds. The molecule has 0 radical (unpaired) electrons. The maximum absolute atomic E-state index is 12.0. The normalized spacial score (nSPS) is 22.4. The average Bonchev–Trinajstić information content (AvgIpc) is 2.72. The molecule has 1 saturated heterocycles. The van der Waals surface area contributed by atoms with Gasteiger partial charge in [-0.15, -0.1) is 0 Å². The molecule has 2 atom stereocenters. The van der Waals surface area contributed by atoms with Gasteiger partial charge in [0.05, 0.1) is 12.6 Å². The minimum absolute atomic E-state index is 0.0134. The van der Waals surface area contributed by atoms with Crippen LogP contribution >= 0.6 is 11.6 Å². The van der Waals surface area contributed by atoms with Gasteiger partial charge in [0, 0.05) is 18.7 Å². The van der Waals surface area contributed by atoms with E-state index in [1.807, 2.05) is 26.8 Å². The molecule has 0 unspecified atom stereocenters. The molecule has 1 aliphatic rings. The standard InChI is InChI=1S/C15H21ClN2O3/c1-15(2,3)21-14(20)18-8-11(12(19)9-18)6-10-4-5-13(16)17-7-10/h4-5,7,11-12,19H,6,8-9H2,1-3H3/t11-,12+/m0/s1. The molecular formula is C15H21ClN2O3. The number of pyridine rings is 1. The summed E-state index contributed by atoms with van der Waals surface area (Å²) in [5.41, 5.74) is 0.467. The number of ether oxygens (including phenoxy) is 1. The number of likely N-dealkylation sites (tertiary alicyclic amines) is 1. The van der Waals surface area contributed by atoms with Crippen molar-refractivity contribution in [1.82, 2.24) is 9.88 Å². The van der Waals surface area contributed by atoms with Crippen LogP contribution in [0.5, 0.6) is 0 Å². The SMILES string of the molecule is CC(C)(C)OC(=O)N1C[C@H](Cc2ccc(Cl)nc2)[C@H](O)C1. The van der Waals surface area contributed by atoms with Crippen LogP contribution in [-0.4, -0.2) is 45.9 Å². The highest BCUT2D eigenvalue weighted by Gasteiger charge is 2.36. The fourth-order valence-corrected chi connectivity index (χ4v) is 2.47. The Morgan fingerprint density at radius 3 is 2.76 bits per heavy atom. The van der Waals surface area contributed by atoms with Crippen molar-refractivity contribution in [1.29, 1.82) is 0 Å². The van der Waals surface area contributed by atoms with E-state index in [0.29, 0.717) is 24.7 Å². The predicted octanol–water partition coefficient (Wildman–Crippen LogP) is 2.51. The summed E-state index contributed by atoms with van der Waals surface area (Å²) in [5, 5.41) is 10.6. The molecule has 0 bridgehead atoms. The van der Waals surface area contributed by atoms with Gasteiger partial charge in [-0.2, -0.15) is 0 Å². The van der Waals surface area contributed by atoms with Crippen LogP contribution in [0, 0.1) is 5.92 Å². The Balaban J connectivity index is 1.94. The lowest BCUT2D eigenvalue weighted by Gasteiger charge is -2.24. The third-order valence-corrected chi connectivity index (χ3v) is 3.57. The highest BCUT2D eigenvalue weighted by atomic mass is 35.5. The minimum atomic E-state index is -0.548. The highest BCUT2D eigenvalue weighted by molar-refractivity contribution is 6.29. The molecule has 1 aromatic rings. The van der Waals surface area contributed by atoms with Crippen molar-refractivity contribution in [2.75, 3.05) is 13.1 Å². The minimum Gasteiger partial charge on any atom is -0.444 e. The van der Waals surface area contributed by atoms with E-state index in [-0.39, 0.29) is 12.0 Å². The van der Waals surface area contributed by atoms with Crippen molar-refractivity contribution >= 4 is 17.7 Å². The van der Waals surface area contributed by atoms with Gasteiger partial charge in [-0.1, -0.05) is 17.7 Å². The highest BCUT2D eigenvalue weighted by Crippen LogP contribution is 2.23. The third-order valence-electron chi connectivity index (χ3n) is 3.34. The lowest BCUT2D eigenvalue weighted by Crippen LogP contribution is -2.35. The van der Waals surface area contributed by atoms with Crippen molar-refractivity contribution in [2.45, 2.75) is 38.9 Å². The summed E-state index contributed by atoms with van der Waals surface area (Å²) in [6.45, 7) is 6.27. The van der Waals surface area contributed by atoms with E-state index < -0.39 is 11.7 Å². The number of aromatic nitrogens is 1. The van der Waals surface area contributed by atoms with Crippen LogP contribution in [0.3, 0.4) is 0 Å². The van der Waals surface area contributed by atoms with Crippen molar-refractivity contribution < 1.29 is 14.6 Å². The van der Waals surface area contributed by atoms with E-state index in [0.717, 1.165) is 5.56 Å². The second kappa shape index (κ2) is 6.20. The van der Waals surface area contributed by atoms with Crippen molar-refractivity contribution in [2.24, 2.45) is 5.92 Å². The first-order valence-electron chi connectivity index (χ1n) is 7.01. The maximum Gasteiger partial charge on any atom is 0.410 e. The Kier molecular flexibility index (Phi) is 4.74. The van der Waals surface area contributed by atoms with Gasteiger partial charge in [-0.05, 0) is 38.8 Å². The van der Waals surface area contributed by atoms with Gasteiger partial charge in [0.25, 0.3) is 0 Å². The number of amides is 1. The van der Waals surface area contributed by atoms with Crippen LogP contribution in [0.15, 0.2) is 18.3 Å². The maximum atomic E-state index is 12.0. The first kappa shape index (κ1) is 16.0. The van der Waals surface area contributed by atoms with Crippen LogP contribution in [0.25, 0.3) is 0 Å². The van der Waals surface area contributed by atoms with E-state index in [4.69, 9.17) is 16.3 Å². The van der Waals surface area contributed by atoms with E-state index in [1.54, 1.807) is 17.2 Å². The summed E-state index contributed by atoms with van der Waals surface area (Å²) in [7, 11) is 0. The first-order chi connectivity index (χ1) is 9.74. The summed E-state index contributed by atoms with van der Waals surface area (Å²) in [4.78, 5) is 17.6. The summed E-state index contributed by atoms with van der Waals surface area (Å²) in [6.07, 6.45) is 1.43. The molecule has 0 saturated carbocycles. The predicted molar refractivity (Wildman–Crippen MR) is 80.3 cm³/mol. The number of aliphatic hydroxyl groups is 1. The Labute approximate surface area is 129 Å². The quantitative estimate of drug-likeness (QED) is 0.852. The summed E-state index contributed by atoms with van der Waals surface area (Å²) < 4.78 is 5.33. The van der Waals surface area contributed by atoms with Crippen LogP contribution in [0.2, 0.25) is 5.15 Å². The number of rotatable bonds is 2. The molecule has 0 spiro atoms. The zero-order chi connectivity index (χ0) is 15.6. The summed E-state index contributed by atoms with van der Waals surface area (Å²) >= 11 is 5.75. The summed E-state index contributed by atoms with van der Waals surface area (Å²) in [5.74, 6) is -0.0134. The van der Waals surface area contributed by atoms with Gasteiger partial charge in [0.15, 0.2) is 0 Å². The lowest BCUT2D eigenvalue weighted by molar-refractivity contribution is 0.0270. The Morgan fingerprint density at radius 2 is 2.19 bits per heavy atom. The largest absolute Gasteiger partial charge is 0.444 e. The van der Waals surface area contributed by atoms with Crippen LogP contribution in [0.1, 0.15) is 26.3 Å². The molecule has 6 heteroatoms. The van der Waals surface area contributed by atoms with Crippen LogP contribution in [-0.2, 0) is 11.2 Å². The Bertz CT molecular complexity index is 499. The van der Waals surface area contributed by atoms with Gasteiger partial charge < -0.3 is 14.7 Å². The molecule has 2 rings (SSSR count). The fraction of sp³-hybridized carbons (Fsp3) is 0.600. The van der Waals surface area contributed by atoms with Crippen LogP contribution in [0.4, 0.5) is 4.79 Å². The van der Waals surface area contributed by atoms with E-state index in [9.17, 15) is 9.90 Å². The molecule has 1 N–H and O–H groups in total. The summed E-state index contributed by atoms with van der Waals surface area (Å²) in [6, 6.07) is 3.61. The average molecular weight is 313 g/mol. The van der Waals surface area contributed by atoms with Gasteiger partial charge >= 0.3 is 6.09 Å². The number of β-amino-alcohol motifs (C(OH)–C–C–N with tert-alkyl or cyclic N) is 1. The fourth-order valence-electron chi connectivity index (χ4n) is 2.36. The first-order valence-corrected chi connectivity index (χ1v) is 7.39. The molecule has 1 aliphatic heterocycles. The van der Waals surface area contributed by atoms with Gasteiger partial charge in [-0.25, -0.2) is 9.78 Å². The van der Waals surface area contributed by atoms with Crippen LogP contribution < -0.4 is 0 Å². The molecule has 2 heterocycles. The Morgan fingerprint density at radius 1 is 1.48 bits per heavy atom. The molecule has 5 nitrogen and oxygen atoms in total. The zero-order valence-corrected chi connectivity index (χ0v) is 13.3. The van der Waals surface area contributed by atoms with Crippen molar-refractivity contribution in [3.63, 3.8) is 0 Å². The molecule has 116 valence electrons. The number of hydrogen-bond donors (Lipinski definition) is 1. The molecule has 0 aromatic carbocycles. The smallest absolute Gasteiger partial charge is 0.410 e. The van der Waals surface area contributed by atoms with Crippen molar-refractivity contribution in [3.8, 4) is 0 Å². The number of carbonyl (C=O) groups is 1.